The van der Waals surface area contributed by atoms with Gasteiger partial charge in [0.2, 0.25) is 0 Å². The zero-order chi connectivity index (χ0) is 12.0. The van der Waals surface area contributed by atoms with Crippen LogP contribution in [0.25, 0.3) is 0 Å². The van der Waals surface area contributed by atoms with Crippen molar-refractivity contribution in [1.82, 2.24) is 5.32 Å². The zero-order valence-corrected chi connectivity index (χ0v) is 10.6. The molecule has 0 radical (unpaired) electrons. The van der Waals surface area contributed by atoms with Crippen LogP contribution in [0.1, 0.15) is 38.7 Å². The molecule has 1 unspecified atom stereocenters. The second kappa shape index (κ2) is 6.87. The molecular formula is C13H19ClFN. The summed E-state index contributed by atoms with van der Waals surface area (Å²) in [5.74, 6) is -0.343. The largest absolute Gasteiger partial charge is 0.310 e. The Kier molecular flexibility index (Phi) is 5.78. The normalized spacial score (nSPS) is 12.8. The third-order valence-electron chi connectivity index (χ3n) is 2.74. The maximum atomic E-state index is 13.2. The lowest BCUT2D eigenvalue weighted by Gasteiger charge is -2.16. The summed E-state index contributed by atoms with van der Waals surface area (Å²) in [6.45, 7) is 4.95. The van der Waals surface area contributed by atoms with E-state index in [0.29, 0.717) is 12.6 Å². The SMILES string of the molecule is CCCC(CC)NCc1cccc(F)c1Cl. The molecule has 0 saturated heterocycles. The van der Waals surface area contributed by atoms with Crippen LogP contribution in [0.15, 0.2) is 18.2 Å². The summed E-state index contributed by atoms with van der Waals surface area (Å²) in [7, 11) is 0. The van der Waals surface area contributed by atoms with Crippen LogP contribution in [0.4, 0.5) is 4.39 Å². The minimum absolute atomic E-state index is 0.237. The van der Waals surface area contributed by atoms with Crippen molar-refractivity contribution in [3.63, 3.8) is 0 Å². The molecule has 1 aromatic carbocycles. The first-order chi connectivity index (χ1) is 7.69. The van der Waals surface area contributed by atoms with Crippen molar-refractivity contribution < 1.29 is 4.39 Å². The van der Waals surface area contributed by atoms with E-state index < -0.39 is 0 Å². The molecule has 0 aliphatic carbocycles. The number of benzene rings is 1. The third kappa shape index (κ3) is 3.76. The summed E-state index contributed by atoms with van der Waals surface area (Å²) in [5.41, 5.74) is 0.830. The summed E-state index contributed by atoms with van der Waals surface area (Å²) >= 11 is 5.88. The monoisotopic (exact) mass is 243 g/mol. The van der Waals surface area contributed by atoms with Gasteiger partial charge in [-0.2, -0.15) is 0 Å². The fraction of sp³-hybridized carbons (Fsp3) is 0.538. The number of hydrogen-bond donors (Lipinski definition) is 1. The molecule has 1 rings (SSSR count). The zero-order valence-electron chi connectivity index (χ0n) is 9.89. The van der Waals surface area contributed by atoms with E-state index in [1.807, 2.05) is 6.07 Å². The number of nitrogens with one attached hydrogen (secondary N) is 1. The van der Waals surface area contributed by atoms with E-state index in [9.17, 15) is 4.39 Å². The average molecular weight is 244 g/mol. The van der Waals surface area contributed by atoms with Gasteiger partial charge in [-0.1, -0.05) is 44.0 Å². The van der Waals surface area contributed by atoms with E-state index in [2.05, 4.69) is 19.2 Å². The van der Waals surface area contributed by atoms with Gasteiger partial charge < -0.3 is 5.32 Å². The van der Waals surface area contributed by atoms with Crippen LogP contribution >= 0.6 is 11.6 Å². The Morgan fingerprint density at radius 2 is 2.12 bits per heavy atom. The van der Waals surface area contributed by atoms with Crippen LogP contribution in [0.5, 0.6) is 0 Å². The maximum Gasteiger partial charge on any atom is 0.142 e. The molecule has 0 amide bonds. The molecule has 0 fully saturated rings. The minimum atomic E-state index is -0.343. The van der Waals surface area contributed by atoms with Crippen LogP contribution in [-0.4, -0.2) is 6.04 Å². The van der Waals surface area contributed by atoms with Crippen LogP contribution in [0, 0.1) is 5.82 Å². The lowest BCUT2D eigenvalue weighted by Crippen LogP contribution is -2.27. The Balaban J connectivity index is 2.56. The molecule has 1 N–H and O–H groups in total. The molecule has 0 aliphatic rings. The second-order valence-electron chi connectivity index (χ2n) is 3.99. The summed E-state index contributed by atoms with van der Waals surface area (Å²) in [5, 5.41) is 3.64. The number of rotatable bonds is 6. The Bertz CT molecular complexity index is 328. The van der Waals surface area contributed by atoms with E-state index in [0.717, 1.165) is 24.8 Å². The van der Waals surface area contributed by atoms with Crippen LogP contribution in [0.3, 0.4) is 0 Å². The summed E-state index contributed by atoms with van der Waals surface area (Å²) < 4.78 is 13.2. The second-order valence-corrected chi connectivity index (χ2v) is 4.37. The van der Waals surface area contributed by atoms with Crippen molar-refractivity contribution in [3.8, 4) is 0 Å². The van der Waals surface area contributed by atoms with Crippen molar-refractivity contribution in [1.29, 1.82) is 0 Å². The topological polar surface area (TPSA) is 12.0 Å². The van der Waals surface area contributed by atoms with Gasteiger partial charge in [-0.25, -0.2) is 4.39 Å². The van der Waals surface area contributed by atoms with Gasteiger partial charge in [-0.15, -0.1) is 0 Å². The molecule has 3 heteroatoms. The van der Waals surface area contributed by atoms with Crippen molar-refractivity contribution in [2.75, 3.05) is 0 Å². The van der Waals surface area contributed by atoms with Crippen molar-refractivity contribution in [2.24, 2.45) is 0 Å². The Morgan fingerprint density at radius 3 is 2.75 bits per heavy atom. The van der Waals surface area contributed by atoms with Crippen LogP contribution in [0.2, 0.25) is 5.02 Å². The van der Waals surface area contributed by atoms with E-state index >= 15 is 0 Å². The highest BCUT2D eigenvalue weighted by Crippen LogP contribution is 2.19. The quantitative estimate of drug-likeness (QED) is 0.792. The first kappa shape index (κ1) is 13.5. The Hall–Kier alpha value is -0.600. The van der Waals surface area contributed by atoms with Crippen LogP contribution in [-0.2, 0) is 6.54 Å². The lowest BCUT2D eigenvalue weighted by molar-refractivity contribution is 0.462. The molecule has 0 saturated carbocycles. The van der Waals surface area contributed by atoms with Crippen molar-refractivity contribution in [3.05, 3.63) is 34.6 Å². The van der Waals surface area contributed by atoms with Crippen molar-refractivity contribution in [2.45, 2.75) is 45.7 Å². The molecule has 0 aromatic heterocycles. The summed E-state index contributed by atoms with van der Waals surface area (Å²) in [4.78, 5) is 0. The van der Waals surface area contributed by atoms with Gasteiger partial charge in [0.1, 0.15) is 5.82 Å². The molecule has 0 spiro atoms. The van der Waals surface area contributed by atoms with Gasteiger partial charge in [-0.05, 0) is 24.5 Å². The summed E-state index contributed by atoms with van der Waals surface area (Å²) in [6, 6.07) is 5.43. The van der Waals surface area contributed by atoms with E-state index in [-0.39, 0.29) is 10.8 Å². The van der Waals surface area contributed by atoms with E-state index in [1.165, 1.54) is 6.07 Å². The Labute approximate surface area is 102 Å². The highest BCUT2D eigenvalue weighted by molar-refractivity contribution is 6.31. The van der Waals surface area contributed by atoms with Gasteiger partial charge in [0.05, 0.1) is 5.02 Å². The fourth-order valence-corrected chi connectivity index (χ4v) is 1.93. The van der Waals surface area contributed by atoms with Gasteiger partial charge in [-0.3, -0.25) is 0 Å². The smallest absolute Gasteiger partial charge is 0.142 e. The summed E-state index contributed by atoms with van der Waals surface area (Å²) in [6.07, 6.45) is 3.38. The standard InChI is InChI=1S/C13H19ClFN/c1-3-6-11(4-2)16-9-10-7-5-8-12(15)13(10)14/h5,7-8,11,16H,3-4,6,9H2,1-2H3. The van der Waals surface area contributed by atoms with Crippen LogP contribution < -0.4 is 5.32 Å². The average Bonchev–Trinajstić information content (AvgIpc) is 2.29. The number of halogens is 2. The molecule has 0 bridgehead atoms. The molecule has 1 nitrogen and oxygen atoms in total. The van der Waals surface area contributed by atoms with E-state index in [1.54, 1.807) is 6.07 Å². The molecular weight excluding hydrogens is 225 g/mol. The third-order valence-corrected chi connectivity index (χ3v) is 3.17. The molecule has 0 heterocycles. The molecule has 1 aromatic rings. The first-order valence-electron chi connectivity index (χ1n) is 5.85. The predicted molar refractivity (Wildman–Crippen MR) is 67.2 cm³/mol. The van der Waals surface area contributed by atoms with Gasteiger partial charge in [0, 0.05) is 12.6 Å². The molecule has 16 heavy (non-hydrogen) atoms. The molecule has 0 aliphatic heterocycles. The fourth-order valence-electron chi connectivity index (χ4n) is 1.74. The van der Waals surface area contributed by atoms with Gasteiger partial charge >= 0.3 is 0 Å². The van der Waals surface area contributed by atoms with Crippen molar-refractivity contribution >= 4 is 11.6 Å². The predicted octanol–water partition coefficient (Wildman–Crippen LogP) is 4.15. The highest BCUT2D eigenvalue weighted by Gasteiger charge is 2.08. The molecule has 90 valence electrons. The Morgan fingerprint density at radius 1 is 1.38 bits per heavy atom. The highest BCUT2D eigenvalue weighted by atomic mass is 35.5. The lowest BCUT2D eigenvalue weighted by atomic mass is 10.1. The molecule has 1 atom stereocenters. The van der Waals surface area contributed by atoms with Gasteiger partial charge in [0.15, 0.2) is 0 Å². The first-order valence-corrected chi connectivity index (χ1v) is 6.23. The maximum absolute atomic E-state index is 13.2. The van der Waals surface area contributed by atoms with Gasteiger partial charge in [0.25, 0.3) is 0 Å². The minimum Gasteiger partial charge on any atom is -0.310 e. The number of hydrogen-bond acceptors (Lipinski definition) is 1. The van der Waals surface area contributed by atoms with E-state index in [4.69, 9.17) is 11.6 Å².